The molecule has 1 atom stereocenters. The van der Waals surface area contributed by atoms with Crippen LogP contribution in [-0.4, -0.2) is 29.6 Å². The molecule has 1 unspecified atom stereocenters. The fraction of sp³-hybridized carbons (Fsp3) is 0.263. The van der Waals surface area contributed by atoms with E-state index in [0.717, 1.165) is 19.0 Å². The van der Waals surface area contributed by atoms with Crippen molar-refractivity contribution in [2.75, 3.05) is 19.6 Å². The first-order chi connectivity index (χ1) is 11.1. The molecular formula is C19H19F2NO. The molecule has 2 aromatic carbocycles. The van der Waals surface area contributed by atoms with E-state index < -0.39 is 17.7 Å². The Balaban J connectivity index is 1.63. The number of benzene rings is 2. The van der Waals surface area contributed by atoms with Crippen LogP contribution in [0.25, 0.3) is 5.57 Å². The zero-order chi connectivity index (χ0) is 16.2. The van der Waals surface area contributed by atoms with Crippen LogP contribution in [-0.2, 0) is 0 Å². The summed E-state index contributed by atoms with van der Waals surface area (Å²) in [5.74, 6) is -1.33. The first kappa shape index (κ1) is 15.8. The highest BCUT2D eigenvalue weighted by Crippen LogP contribution is 2.24. The fourth-order valence-corrected chi connectivity index (χ4v) is 2.91. The smallest absolute Gasteiger partial charge is 0.131 e. The molecule has 1 heterocycles. The van der Waals surface area contributed by atoms with Crippen LogP contribution in [0.1, 0.15) is 23.7 Å². The maximum Gasteiger partial charge on any atom is 0.131 e. The average Bonchev–Trinajstić information content (AvgIpc) is 2.56. The number of halogens is 2. The lowest BCUT2D eigenvalue weighted by molar-refractivity contribution is 0.116. The molecule has 120 valence electrons. The van der Waals surface area contributed by atoms with E-state index in [-0.39, 0.29) is 5.56 Å². The van der Waals surface area contributed by atoms with Crippen LogP contribution in [0.3, 0.4) is 0 Å². The van der Waals surface area contributed by atoms with E-state index in [1.54, 1.807) is 0 Å². The van der Waals surface area contributed by atoms with Gasteiger partial charge in [-0.25, -0.2) is 8.78 Å². The number of aliphatic hydroxyl groups excluding tert-OH is 1. The van der Waals surface area contributed by atoms with Gasteiger partial charge in [-0.3, -0.25) is 4.90 Å². The van der Waals surface area contributed by atoms with Crippen molar-refractivity contribution in [3.05, 3.63) is 77.4 Å². The Kier molecular flexibility index (Phi) is 4.84. The largest absolute Gasteiger partial charge is 0.387 e. The summed E-state index contributed by atoms with van der Waals surface area (Å²) >= 11 is 0. The zero-order valence-electron chi connectivity index (χ0n) is 12.8. The van der Waals surface area contributed by atoms with Gasteiger partial charge in [-0.2, -0.15) is 0 Å². The van der Waals surface area contributed by atoms with Crippen LogP contribution in [0.5, 0.6) is 0 Å². The van der Waals surface area contributed by atoms with E-state index in [0.29, 0.717) is 13.1 Å². The topological polar surface area (TPSA) is 23.5 Å². The minimum atomic E-state index is -0.956. The Morgan fingerprint density at radius 1 is 1.09 bits per heavy atom. The van der Waals surface area contributed by atoms with Gasteiger partial charge in [0.15, 0.2) is 0 Å². The highest BCUT2D eigenvalue weighted by molar-refractivity contribution is 5.66. The summed E-state index contributed by atoms with van der Waals surface area (Å²) in [6.45, 7) is 1.85. The van der Waals surface area contributed by atoms with Crippen molar-refractivity contribution in [3.8, 4) is 0 Å². The minimum absolute atomic E-state index is 0.143. The molecule has 4 heteroatoms. The van der Waals surface area contributed by atoms with Gasteiger partial charge in [-0.05, 0) is 23.6 Å². The highest BCUT2D eigenvalue weighted by Gasteiger charge is 2.19. The number of rotatable bonds is 4. The van der Waals surface area contributed by atoms with Gasteiger partial charge in [0.2, 0.25) is 0 Å². The van der Waals surface area contributed by atoms with Crippen LogP contribution in [0, 0.1) is 11.6 Å². The highest BCUT2D eigenvalue weighted by atomic mass is 19.1. The maximum atomic E-state index is 13.7. The maximum absolute atomic E-state index is 13.7. The molecule has 1 aliphatic heterocycles. The van der Waals surface area contributed by atoms with Crippen molar-refractivity contribution < 1.29 is 13.9 Å². The first-order valence-corrected chi connectivity index (χ1v) is 7.73. The Labute approximate surface area is 134 Å². The van der Waals surface area contributed by atoms with Crippen LogP contribution in [0.15, 0.2) is 54.6 Å². The normalized spacial score (nSPS) is 16.9. The van der Waals surface area contributed by atoms with Gasteiger partial charge in [-0.15, -0.1) is 0 Å². The molecule has 0 spiro atoms. The van der Waals surface area contributed by atoms with Gasteiger partial charge in [0, 0.05) is 31.3 Å². The van der Waals surface area contributed by atoms with Gasteiger partial charge in [0.25, 0.3) is 0 Å². The SMILES string of the molecule is OC(CN1CC=C(c2ccccc2)CC1)c1ccc(F)cc1F. The molecular weight excluding hydrogens is 296 g/mol. The van der Waals surface area contributed by atoms with Crippen molar-refractivity contribution in [2.24, 2.45) is 0 Å². The van der Waals surface area contributed by atoms with Crippen molar-refractivity contribution in [1.29, 1.82) is 0 Å². The molecule has 2 aromatic rings. The molecule has 1 aliphatic rings. The molecule has 0 saturated carbocycles. The molecule has 3 rings (SSSR count). The van der Waals surface area contributed by atoms with Gasteiger partial charge < -0.3 is 5.11 Å². The first-order valence-electron chi connectivity index (χ1n) is 7.73. The zero-order valence-corrected chi connectivity index (χ0v) is 12.8. The molecule has 0 aliphatic carbocycles. The summed E-state index contributed by atoms with van der Waals surface area (Å²) < 4.78 is 26.6. The second kappa shape index (κ2) is 7.02. The van der Waals surface area contributed by atoms with E-state index in [4.69, 9.17) is 0 Å². The summed E-state index contributed by atoms with van der Waals surface area (Å²) in [5, 5.41) is 10.2. The van der Waals surface area contributed by atoms with E-state index in [1.807, 2.05) is 18.2 Å². The molecule has 0 radical (unpaired) electrons. The summed E-state index contributed by atoms with van der Waals surface area (Å²) in [6, 6.07) is 13.5. The molecule has 0 saturated heterocycles. The van der Waals surface area contributed by atoms with E-state index in [2.05, 4.69) is 23.1 Å². The fourth-order valence-electron chi connectivity index (χ4n) is 2.91. The predicted molar refractivity (Wildman–Crippen MR) is 86.8 cm³/mol. The lowest BCUT2D eigenvalue weighted by Gasteiger charge is -2.28. The quantitative estimate of drug-likeness (QED) is 0.928. The van der Waals surface area contributed by atoms with Crippen molar-refractivity contribution >= 4 is 5.57 Å². The third-order valence-electron chi connectivity index (χ3n) is 4.19. The monoisotopic (exact) mass is 315 g/mol. The van der Waals surface area contributed by atoms with Gasteiger partial charge in [0.1, 0.15) is 11.6 Å². The van der Waals surface area contributed by atoms with Gasteiger partial charge in [0.05, 0.1) is 6.10 Å². The number of hydrogen-bond acceptors (Lipinski definition) is 2. The average molecular weight is 315 g/mol. The third kappa shape index (κ3) is 3.84. The van der Waals surface area contributed by atoms with Crippen LogP contribution in [0.2, 0.25) is 0 Å². The molecule has 23 heavy (non-hydrogen) atoms. The Morgan fingerprint density at radius 2 is 1.87 bits per heavy atom. The van der Waals surface area contributed by atoms with Crippen LogP contribution >= 0.6 is 0 Å². The number of β-amino-alcohol motifs (C(OH)–C–C–N with tert-alkyl or cyclic N) is 1. The summed E-state index contributed by atoms with van der Waals surface area (Å²) in [5.41, 5.74) is 2.66. The van der Waals surface area contributed by atoms with Crippen LogP contribution < -0.4 is 0 Å². The molecule has 2 nitrogen and oxygen atoms in total. The standard InChI is InChI=1S/C19H19F2NO/c20-16-6-7-17(18(21)12-16)19(23)13-22-10-8-15(9-11-22)14-4-2-1-3-5-14/h1-8,12,19,23H,9-11,13H2. The Hall–Kier alpha value is -2.04. The number of hydrogen-bond donors (Lipinski definition) is 1. The lowest BCUT2D eigenvalue weighted by atomic mass is 9.99. The Morgan fingerprint density at radius 3 is 2.52 bits per heavy atom. The Bertz CT molecular complexity index is 700. The lowest BCUT2D eigenvalue weighted by Crippen LogP contribution is -2.32. The molecule has 0 aromatic heterocycles. The van der Waals surface area contributed by atoms with Crippen molar-refractivity contribution in [1.82, 2.24) is 4.90 Å². The van der Waals surface area contributed by atoms with Crippen molar-refractivity contribution in [3.63, 3.8) is 0 Å². The number of aliphatic hydroxyl groups is 1. The molecule has 0 amide bonds. The predicted octanol–water partition coefficient (Wildman–Crippen LogP) is 3.79. The summed E-state index contributed by atoms with van der Waals surface area (Å²) in [6.07, 6.45) is 2.08. The van der Waals surface area contributed by atoms with E-state index in [1.165, 1.54) is 23.3 Å². The second-order valence-corrected chi connectivity index (χ2v) is 5.79. The van der Waals surface area contributed by atoms with Crippen LogP contribution in [0.4, 0.5) is 8.78 Å². The van der Waals surface area contributed by atoms with E-state index in [9.17, 15) is 13.9 Å². The van der Waals surface area contributed by atoms with Gasteiger partial charge >= 0.3 is 0 Å². The second-order valence-electron chi connectivity index (χ2n) is 5.79. The molecule has 1 N–H and O–H groups in total. The molecule has 0 bridgehead atoms. The van der Waals surface area contributed by atoms with E-state index >= 15 is 0 Å². The van der Waals surface area contributed by atoms with Crippen molar-refractivity contribution in [2.45, 2.75) is 12.5 Å². The summed E-state index contributed by atoms with van der Waals surface area (Å²) in [4.78, 5) is 2.07. The molecule has 0 fully saturated rings. The van der Waals surface area contributed by atoms with Gasteiger partial charge in [-0.1, -0.05) is 42.5 Å². The summed E-state index contributed by atoms with van der Waals surface area (Å²) in [7, 11) is 0. The number of nitrogens with zero attached hydrogens (tertiary/aromatic N) is 1. The minimum Gasteiger partial charge on any atom is -0.387 e. The third-order valence-corrected chi connectivity index (χ3v) is 4.19.